The molecule has 1 atom stereocenters. The standard InChI is InChI=1S/C20H24N2O2.ClH/c1-15(2)21-13-8-14-24-20-18-12-7-6-11-17(18)19(23)22(20)16-9-4-3-5-10-16;/h3-7,9-12,15,20-21H,8,13-14H2,1-2H3;1H. The van der Waals surface area contributed by atoms with Gasteiger partial charge < -0.3 is 10.1 Å². The summed E-state index contributed by atoms with van der Waals surface area (Å²) in [5.41, 5.74) is 2.54. The average molecular weight is 361 g/mol. The van der Waals surface area contributed by atoms with Gasteiger partial charge >= 0.3 is 0 Å². The lowest BCUT2D eigenvalue weighted by atomic mass is 10.1. The number of carbonyl (C=O) groups excluding carboxylic acids is 1. The zero-order valence-electron chi connectivity index (χ0n) is 14.6. The molecular weight excluding hydrogens is 336 g/mol. The molecule has 0 radical (unpaired) electrons. The number of benzene rings is 2. The highest BCUT2D eigenvalue weighted by Crippen LogP contribution is 2.37. The Labute approximate surface area is 155 Å². The molecule has 1 aliphatic rings. The summed E-state index contributed by atoms with van der Waals surface area (Å²) in [4.78, 5) is 14.6. The number of ether oxygens (including phenoxy) is 1. The summed E-state index contributed by atoms with van der Waals surface area (Å²) < 4.78 is 6.11. The molecule has 25 heavy (non-hydrogen) atoms. The maximum Gasteiger partial charge on any atom is 0.261 e. The summed E-state index contributed by atoms with van der Waals surface area (Å²) in [6.07, 6.45) is 0.559. The quantitative estimate of drug-likeness (QED) is 0.753. The third kappa shape index (κ3) is 4.40. The van der Waals surface area contributed by atoms with Gasteiger partial charge in [-0.25, -0.2) is 0 Å². The second-order valence-electron chi connectivity index (χ2n) is 6.28. The van der Waals surface area contributed by atoms with E-state index in [4.69, 9.17) is 4.74 Å². The highest BCUT2D eigenvalue weighted by molar-refractivity contribution is 6.10. The van der Waals surface area contributed by atoms with Gasteiger partial charge in [0.1, 0.15) is 0 Å². The first-order valence-electron chi connectivity index (χ1n) is 8.51. The van der Waals surface area contributed by atoms with Gasteiger partial charge in [0.2, 0.25) is 0 Å². The van der Waals surface area contributed by atoms with E-state index in [0.29, 0.717) is 12.6 Å². The predicted octanol–water partition coefficient (Wildman–Crippen LogP) is 4.17. The van der Waals surface area contributed by atoms with Gasteiger partial charge in [0.25, 0.3) is 5.91 Å². The summed E-state index contributed by atoms with van der Waals surface area (Å²) in [7, 11) is 0. The first-order chi connectivity index (χ1) is 11.7. The van der Waals surface area contributed by atoms with Gasteiger partial charge in [0.05, 0.1) is 6.61 Å². The molecule has 0 saturated carbocycles. The Morgan fingerprint density at radius 2 is 1.76 bits per heavy atom. The Kier molecular flexibility index (Phi) is 7.00. The Morgan fingerprint density at radius 1 is 1.08 bits per heavy atom. The summed E-state index contributed by atoms with van der Waals surface area (Å²) in [6.45, 7) is 5.77. The van der Waals surface area contributed by atoms with Gasteiger partial charge in [-0.3, -0.25) is 9.69 Å². The second-order valence-corrected chi connectivity index (χ2v) is 6.28. The zero-order chi connectivity index (χ0) is 16.9. The van der Waals surface area contributed by atoms with Crippen molar-refractivity contribution in [2.24, 2.45) is 0 Å². The Hall–Kier alpha value is -1.88. The highest BCUT2D eigenvalue weighted by Gasteiger charge is 2.38. The maximum absolute atomic E-state index is 12.8. The predicted molar refractivity (Wildman–Crippen MR) is 103 cm³/mol. The fraction of sp³-hybridized carbons (Fsp3) is 0.350. The number of hydrogen-bond acceptors (Lipinski definition) is 3. The van der Waals surface area contributed by atoms with Gasteiger partial charge in [-0.1, -0.05) is 50.2 Å². The number of halogens is 1. The molecule has 2 aromatic rings. The van der Waals surface area contributed by atoms with E-state index < -0.39 is 0 Å². The lowest BCUT2D eigenvalue weighted by Gasteiger charge is -2.25. The van der Waals surface area contributed by atoms with Crippen LogP contribution in [0.4, 0.5) is 5.69 Å². The average Bonchev–Trinajstić information content (AvgIpc) is 2.88. The fourth-order valence-electron chi connectivity index (χ4n) is 2.95. The van der Waals surface area contributed by atoms with Gasteiger partial charge in [-0.05, 0) is 31.2 Å². The summed E-state index contributed by atoms with van der Waals surface area (Å²) in [5, 5.41) is 3.38. The van der Waals surface area contributed by atoms with Gasteiger partial charge in [-0.2, -0.15) is 0 Å². The molecule has 0 aliphatic carbocycles. The third-order valence-electron chi connectivity index (χ3n) is 4.09. The lowest BCUT2D eigenvalue weighted by Crippen LogP contribution is -2.30. The largest absolute Gasteiger partial charge is 0.353 e. The van der Waals surface area contributed by atoms with Crippen molar-refractivity contribution in [1.29, 1.82) is 0 Å². The SMILES string of the molecule is CC(C)NCCCOC1c2ccccc2C(=O)N1c1ccccc1.Cl. The second kappa shape index (κ2) is 8.99. The summed E-state index contributed by atoms with van der Waals surface area (Å²) >= 11 is 0. The minimum Gasteiger partial charge on any atom is -0.353 e. The molecular formula is C20H25ClN2O2. The van der Waals surface area contributed by atoms with Crippen molar-refractivity contribution in [2.45, 2.75) is 32.5 Å². The van der Waals surface area contributed by atoms with E-state index in [1.165, 1.54) is 0 Å². The zero-order valence-corrected chi connectivity index (χ0v) is 15.5. The van der Waals surface area contributed by atoms with E-state index in [1.54, 1.807) is 4.90 Å². The minimum absolute atomic E-state index is 0. The van der Waals surface area contributed by atoms with Crippen LogP contribution in [0.2, 0.25) is 0 Å². The van der Waals surface area contributed by atoms with Gasteiger partial charge in [0.15, 0.2) is 6.23 Å². The smallest absolute Gasteiger partial charge is 0.261 e. The number of anilines is 1. The van der Waals surface area contributed by atoms with Crippen molar-refractivity contribution in [3.8, 4) is 0 Å². The molecule has 0 fully saturated rings. The molecule has 5 heteroatoms. The molecule has 1 unspecified atom stereocenters. The molecule has 134 valence electrons. The number of fused-ring (bicyclic) bond motifs is 1. The molecule has 2 aromatic carbocycles. The number of rotatable bonds is 7. The number of amides is 1. The normalized spacial score (nSPS) is 16.0. The van der Waals surface area contributed by atoms with Crippen molar-refractivity contribution in [1.82, 2.24) is 5.32 Å². The molecule has 1 heterocycles. The number of nitrogens with zero attached hydrogens (tertiary/aromatic N) is 1. The highest BCUT2D eigenvalue weighted by atomic mass is 35.5. The van der Waals surface area contributed by atoms with Crippen LogP contribution in [0.15, 0.2) is 54.6 Å². The van der Waals surface area contributed by atoms with Crippen LogP contribution < -0.4 is 10.2 Å². The fourth-order valence-corrected chi connectivity index (χ4v) is 2.95. The van der Waals surface area contributed by atoms with E-state index in [2.05, 4.69) is 19.2 Å². The van der Waals surface area contributed by atoms with Crippen LogP contribution in [-0.2, 0) is 4.74 Å². The molecule has 1 N–H and O–H groups in total. The number of hydrogen-bond donors (Lipinski definition) is 1. The van der Waals surface area contributed by atoms with Crippen molar-refractivity contribution in [3.05, 3.63) is 65.7 Å². The van der Waals surface area contributed by atoms with Crippen LogP contribution >= 0.6 is 12.4 Å². The van der Waals surface area contributed by atoms with E-state index in [9.17, 15) is 4.79 Å². The summed E-state index contributed by atoms with van der Waals surface area (Å²) in [5.74, 6) is 0.00195. The van der Waals surface area contributed by atoms with E-state index in [1.807, 2.05) is 54.6 Å². The number of para-hydroxylation sites is 1. The minimum atomic E-state index is -0.352. The molecule has 4 nitrogen and oxygen atoms in total. The van der Waals surface area contributed by atoms with E-state index >= 15 is 0 Å². The van der Waals surface area contributed by atoms with Crippen molar-refractivity contribution < 1.29 is 9.53 Å². The molecule has 0 spiro atoms. The van der Waals surface area contributed by atoms with E-state index in [-0.39, 0.29) is 24.5 Å². The lowest BCUT2D eigenvalue weighted by molar-refractivity contribution is 0.0507. The van der Waals surface area contributed by atoms with Crippen LogP contribution in [0.1, 0.15) is 42.4 Å². The molecule has 0 aromatic heterocycles. The molecule has 0 bridgehead atoms. The van der Waals surface area contributed by atoms with Crippen LogP contribution in [0.25, 0.3) is 0 Å². The van der Waals surface area contributed by atoms with Crippen molar-refractivity contribution in [2.75, 3.05) is 18.1 Å². The summed E-state index contributed by atoms with van der Waals surface area (Å²) in [6, 6.07) is 17.9. The first-order valence-corrected chi connectivity index (χ1v) is 8.51. The van der Waals surface area contributed by atoms with Crippen molar-refractivity contribution >= 4 is 24.0 Å². The number of nitrogens with one attached hydrogen (secondary N) is 1. The van der Waals surface area contributed by atoms with Crippen LogP contribution in [0.5, 0.6) is 0 Å². The monoisotopic (exact) mass is 360 g/mol. The van der Waals surface area contributed by atoms with Gasteiger partial charge in [-0.15, -0.1) is 12.4 Å². The van der Waals surface area contributed by atoms with E-state index in [0.717, 1.165) is 29.8 Å². The Balaban J connectivity index is 0.00000225. The maximum atomic E-state index is 12.8. The molecule has 1 amide bonds. The topological polar surface area (TPSA) is 41.6 Å². The van der Waals surface area contributed by atoms with Crippen LogP contribution in [0, 0.1) is 0 Å². The Bertz CT molecular complexity index is 691. The molecule has 0 saturated heterocycles. The first kappa shape index (κ1) is 19.4. The third-order valence-corrected chi connectivity index (χ3v) is 4.09. The van der Waals surface area contributed by atoms with Crippen LogP contribution in [0.3, 0.4) is 0 Å². The van der Waals surface area contributed by atoms with Gasteiger partial charge in [0, 0.05) is 22.9 Å². The Morgan fingerprint density at radius 3 is 2.48 bits per heavy atom. The molecule has 3 rings (SSSR count). The van der Waals surface area contributed by atoms with Crippen molar-refractivity contribution in [3.63, 3.8) is 0 Å². The van der Waals surface area contributed by atoms with Crippen LogP contribution in [-0.4, -0.2) is 25.1 Å². The molecule has 1 aliphatic heterocycles. The number of carbonyl (C=O) groups is 1.